The Morgan fingerprint density at radius 3 is 2.37 bits per heavy atom. The van der Waals surface area contributed by atoms with Crippen LogP contribution in [0.25, 0.3) is 21.3 Å². The summed E-state index contributed by atoms with van der Waals surface area (Å²) in [5, 5.41) is 17.5. The molecule has 1 aromatic carbocycles. The molecule has 5 aromatic rings. The monoisotopic (exact) mass is 832 g/mol. The number of nitrogens with zero attached hydrogens (tertiary/aromatic N) is 7. The summed E-state index contributed by atoms with van der Waals surface area (Å²) in [6, 6.07) is 13.0. The highest BCUT2D eigenvalue weighted by Gasteiger charge is 2.66. The summed E-state index contributed by atoms with van der Waals surface area (Å²) in [6.45, 7) is 20.3. The zero-order valence-corrected chi connectivity index (χ0v) is 36.7. The number of benzene rings is 1. The largest absolute Gasteiger partial charge is 0.455 e. The fourth-order valence-electron chi connectivity index (χ4n) is 11.7. The average molecular weight is 833 g/mol. The molecule has 2 unspecified atom stereocenters. The first-order chi connectivity index (χ1) is 28.5. The second-order valence-corrected chi connectivity index (χ2v) is 20.8. The Kier molecular flexibility index (Phi) is 10.2. The van der Waals surface area contributed by atoms with E-state index in [1.54, 1.807) is 18.2 Å². The molecule has 60 heavy (non-hydrogen) atoms. The Morgan fingerprint density at radius 2 is 1.65 bits per heavy atom. The van der Waals surface area contributed by atoms with Crippen LogP contribution in [0.1, 0.15) is 111 Å². The number of hydrogen-bond donors (Lipinski definition) is 1. The van der Waals surface area contributed by atoms with Gasteiger partial charge in [0.2, 0.25) is 5.78 Å². The third kappa shape index (κ3) is 8.11. The van der Waals surface area contributed by atoms with Crippen molar-refractivity contribution in [3.05, 3.63) is 77.0 Å². The first kappa shape index (κ1) is 40.8. The number of aromatic nitrogens is 6. The van der Waals surface area contributed by atoms with Gasteiger partial charge in [-0.25, -0.2) is 14.8 Å². The number of hydrogen-bond acceptors (Lipinski definition) is 13. The van der Waals surface area contributed by atoms with Crippen molar-refractivity contribution in [3.63, 3.8) is 0 Å². The number of morpholine rings is 1. The first-order valence-corrected chi connectivity index (χ1v) is 22.1. The molecule has 1 aliphatic heterocycles. The van der Waals surface area contributed by atoms with Gasteiger partial charge in [-0.05, 0) is 125 Å². The number of rotatable bonds is 12. The lowest BCUT2D eigenvalue weighted by Crippen LogP contribution is -2.64. The predicted octanol–water partition coefficient (Wildman–Crippen LogP) is 8.36. The molecule has 1 N–H and O–H groups in total. The number of carbonyl (C=O) groups is 2. The highest BCUT2D eigenvalue weighted by Crippen LogP contribution is 2.72. The minimum atomic E-state index is -0.783. The molecule has 4 aromatic heterocycles. The summed E-state index contributed by atoms with van der Waals surface area (Å²) in [6.07, 6.45) is 8.57. The van der Waals surface area contributed by atoms with E-state index in [1.807, 2.05) is 58.2 Å². The Morgan fingerprint density at radius 1 is 0.900 bits per heavy atom. The fraction of sp³-hybridized carbons (Fsp3) is 0.543. The van der Waals surface area contributed by atoms with Crippen molar-refractivity contribution in [2.45, 2.75) is 105 Å². The van der Waals surface area contributed by atoms with Crippen LogP contribution in [-0.4, -0.2) is 97.3 Å². The third-order valence-corrected chi connectivity index (χ3v) is 13.9. The van der Waals surface area contributed by atoms with Crippen LogP contribution in [0.5, 0.6) is 0 Å². The molecule has 10 rings (SSSR count). The van der Waals surface area contributed by atoms with Crippen LogP contribution in [0.3, 0.4) is 0 Å². The number of carbonyl (C=O) groups excluding carboxylic acids is 2. The summed E-state index contributed by atoms with van der Waals surface area (Å²) < 4.78 is 21.6. The molecule has 4 atom stereocenters. The van der Waals surface area contributed by atoms with E-state index in [0.717, 1.165) is 99.6 Å². The molecule has 0 amide bonds. The standard InChI is InChI=1S/C46H56N8O5S/c1-29-20-35(51-52-39(29)50-41-49-33-10-8-9-11-36(33)60-41)38(55)34-13-12-31(37(48-34)40(56)59-42(3,4)5)32-21-47-54(30(32)2)28-45-23-43(6)22-44(7,24-45)26-46(25-43,27-45)58-19-16-53-14-17-57-18-15-53/h8-13,20-21H,14-19,22-28H2,1-7H3,(H,49,50,52)/t43-,44+,45?,46?. The lowest BCUT2D eigenvalue weighted by molar-refractivity contribution is -0.249. The van der Waals surface area contributed by atoms with E-state index in [0.29, 0.717) is 22.1 Å². The van der Waals surface area contributed by atoms with Gasteiger partial charge in [0.15, 0.2) is 16.6 Å². The topological polar surface area (TPSA) is 146 Å². The van der Waals surface area contributed by atoms with Crippen LogP contribution in [0.15, 0.2) is 48.7 Å². The number of ketones is 1. The number of para-hydroxylation sites is 1. The molecule has 4 saturated carbocycles. The van der Waals surface area contributed by atoms with Gasteiger partial charge in [0.05, 0.1) is 41.8 Å². The van der Waals surface area contributed by atoms with Crippen molar-refractivity contribution in [1.29, 1.82) is 0 Å². The normalized spacial score (nSPS) is 26.4. The Hall–Kier alpha value is -4.63. The molecular weight excluding hydrogens is 777 g/mol. The van der Waals surface area contributed by atoms with Crippen molar-refractivity contribution in [2.75, 3.05) is 44.8 Å². The van der Waals surface area contributed by atoms with E-state index in [2.05, 4.69) is 50.9 Å². The van der Waals surface area contributed by atoms with Crippen LogP contribution in [-0.2, 0) is 20.8 Å². The van der Waals surface area contributed by atoms with E-state index in [1.165, 1.54) is 17.8 Å². The SMILES string of the molecule is Cc1cc(C(=O)c2ccc(-c3cnn(CC45CC6(OCCN7CCOCC7)C[C@](C)(C4)C[C@](C)(C5)C6)c3C)c(C(=O)OC(C)(C)C)n2)nnc1Nc1nc2ccccc2s1. The molecular formula is C46H56N8O5S. The van der Waals surface area contributed by atoms with Gasteiger partial charge >= 0.3 is 5.97 Å². The second kappa shape index (κ2) is 15.1. The number of nitrogens with one attached hydrogen (secondary N) is 1. The van der Waals surface area contributed by atoms with E-state index in [9.17, 15) is 9.59 Å². The van der Waals surface area contributed by atoms with Gasteiger partial charge in [-0.1, -0.05) is 37.3 Å². The van der Waals surface area contributed by atoms with Crippen molar-refractivity contribution in [2.24, 2.45) is 16.2 Å². The molecule has 4 aliphatic carbocycles. The smallest absolute Gasteiger partial charge is 0.358 e. The minimum absolute atomic E-state index is 0.0341. The lowest BCUT2D eigenvalue weighted by Gasteiger charge is -2.69. The van der Waals surface area contributed by atoms with Crippen LogP contribution >= 0.6 is 11.3 Å². The quantitative estimate of drug-likeness (QED) is 0.0952. The Bertz CT molecular complexity index is 2410. The zero-order chi connectivity index (χ0) is 42.1. The summed E-state index contributed by atoms with van der Waals surface area (Å²) in [5.74, 6) is -0.570. The van der Waals surface area contributed by atoms with Crippen LogP contribution < -0.4 is 5.32 Å². The van der Waals surface area contributed by atoms with Crippen molar-refractivity contribution < 1.29 is 23.8 Å². The molecule has 5 aliphatic rings. The molecule has 4 bridgehead atoms. The third-order valence-electron chi connectivity index (χ3n) is 12.9. The molecule has 0 radical (unpaired) electrons. The molecule has 5 heterocycles. The van der Waals surface area contributed by atoms with E-state index in [4.69, 9.17) is 24.3 Å². The summed E-state index contributed by atoms with van der Waals surface area (Å²) in [5.41, 5.74) is 3.65. The van der Waals surface area contributed by atoms with E-state index < -0.39 is 17.4 Å². The Labute approximate surface area is 355 Å². The summed E-state index contributed by atoms with van der Waals surface area (Å²) in [7, 11) is 0. The van der Waals surface area contributed by atoms with Crippen molar-refractivity contribution in [3.8, 4) is 11.1 Å². The van der Waals surface area contributed by atoms with Gasteiger partial charge in [-0.15, -0.1) is 10.2 Å². The maximum atomic E-state index is 14.0. The second-order valence-electron chi connectivity index (χ2n) is 19.8. The number of pyridine rings is 1. The summed E-state index contributed by atoms with van der Waals surface area (Å²) >= 11 is 1.51. The van der Waals surface area contributed by atoms with E-state index >= 15 is 0 Å². The highest BCUT2D eigenvalue weighted by atomic mass is 32.1. The Balaban J connectivity index is 0.973. The van der Waals surface area contributed by atoms with Gasteiger partial charge in [-0.2, -0.15) is 5.10 Å². The number of thiazole rings is 1. The minimum Gasteiger partial charge on any atom is -0.455 e. The van der Waals surface area contributed by atoms with Crippen LogP contribution in [0.4, 0.5) is 10.9 Å². The van der Waals surface area contributed by atoms with Crippen molar-refractivity contribution >= 4 is 44.3 Å². The molecule has 1 saturated heterocycles. The molecule has 14 heteroatoms. The van der Waals surface area contributed by atoms with Gasteiger partial charge in [0, 0.05) is 43.0 Å². The lowest BCUT2D eigenvalue weighted by atomic mass is 9.39. The predicted molar refractivity (Wildman–Crippen MR) is 231 cm³/mol. The van der Waals surface area contributed by atoms with E-state index in [-0.39, 0.29) is 38.9 Å². The number of esters is 1. The fourth-order valence-corrected chi connectivity index (χ4v) is 12.6. The maximum Gasteiger partial charge on any atom is 0.358 e. The van der Waals surface area contributed by atoms with Gasteiger partial charge in [0.1, 0.15) is 17.0 Å². The summed E-state index contributed by atoms with van der Waals surface area (Å²) in [4.78, 5) is 39.7. The average Bonchev–Trinajstić information content (AvgIpc) is 3.75. The molecule has 5 fully saturated rings. The van der Waals surface area contributed by atoms with Crippen LogP contribution in [0.2, 0.25) is 0 Å². The zero-order valence-electron chi connectivity index (χ0n) is 35.9. The van der Waals surface area contributed by atoms with Crippen LogP contribution in [0, 0.1) is 30.1 Å². The first-order valence-electron chi connectivity index (χ1n) is 21.2. The van der Waals surface area contributed by atoms with Gasteiger partial charge in [-0.3, -0.25) is 14.4 Å². The molecule has 13 nitrogen and oxygen atoms in total. The molecule has 316 valence electrons. The number of anilines is 2. The van der Waals surface area contributed by atoms with Gasteiger partial charge < -0.3 is 19.5 Å². The maximum absolute atomic E-state index is 14.0. The van der Waals surface area contributed by atoms with Crippen molar-refractivity contribution in [1.82, 2.24) is 34.8 Å². The highest BCUT2D eigenvalue weighted by molar-refractivity contribution is 7.22. The number of aryl methyl sites for hydroxylation is 1. The number of fused-ring (bicyclic) bond motifs is 1. The van der Waals surface area contributed by atoms with Gasteiger partial charge in [0.25, 0.3) is 0 Å². The molecule has 0 spiro atoms. The number of ether oxygens (including phenoxy) is 3.